The largest absolute Gasteiger partial charge is 0.456 e. The summed E-state index contributed by atoms with van der Waals surface area (Å²) in [6.07, 6.45) is 0. The van der Waals surface area contributed by atoms with Crippen molar-refractivity contribution in [1.29, 1.82) is 0 Å². The molecule has 8 heteroatoms. The third-order valence-corrected chi connectivity index (χ3v) is 5.58. The number of carbonyl (C=O) groups is 4. The molecule has 8 nitrogen and oxygen atoms in total. The van der Waals surface area contributed by atoms with E-state index < -0.39 is 36.6 Å². The molecular formula is C23H27N3O5. The van der Waals surface area contributed by atoms with Crippen molar-refractivity contribution in [3.8, 4) is 0 Å². The predicted octanol–water partition coefficient (Wildman–Crippen LogP) is 2.88. The van der Waals surface area contributed by atoms with Gasteiger partial charge in [-0.05, 0) is 46.2 Å². The van der Waals surface area contributed by atoms with Crippen molar-refractivity contribution in [3.63, 3.8) is 0 Å². The Morgan fingerprint density at radius 1 is 1.13 bits per heavy atom. The van der Waals surface area contributed by atoms with Gasteiger partial charge in [-0.25, -0.2) is 4.79 Å². The van der Waals surface area contributed by atoms with Crippen molar-refractivity contribution in [2.24, 2.45) is 0 Å². The predicted molar refractivity (Wildman–Crippen MR) is 114 cm³/mol. The van der Waals surface area contributed by atoms with E-state index in [9.17, 15) is 19.2 Å². The van der Waals surface area contributed by atoms with Gasteiger partial charge in [0.25, 0.3) is 5.91 Å². The Bertz CT molecular complexity index is 1040. The van der Waals surface area contributed by atoms with E-state index in [1.165, 1.54) is 0 Å². The van der Waals surface area contributed by atoms with Gasteiger partial charge in [0.1, 0.15) is 12.1 Å². The van der Waals surface area contributed by atoms with Crippen molar-refractivity contribution in [1.82, 2.24) is 14.8 Å². The summed E-state index contributed by atoms with van der Waals surface area (Å²) in [6.45, 7) is 8.37. The molecule has 3 amide bonds. The Morgan fingerprint density at radius 3 is 2.35 bits per heavy atom. The maximum absolute atomic E-state index is 12.8. The zero-order valence-electron chi connectivity index (χ0n) is 18.4. The third kappa shape index (κ3) is 4.10. The molecule has 1 saturated heterocycles. The molecule has 0 radical (unpaired) electrons. The summed E-state index contributed by atoms with van der Waals surface area (Å²) < 4.78 is 7.12. The van der Waals surface area contributed by atoms with Crippen LogP contribution in [-0.4, -0.2) is 46.3 Å². The highest BCUT2D eigenvalue weighted by atomic mass is 16.5. The van der Waals surface area contributed by atoms with E-state index >= 15 is 0 Å². The molecule has 31 heavy (non-hydrogen) atoms. The number of Topliss-reactive ketones (excluding diaryl/α,β-unsaturated/α-hetero) is 1. The maximum Gasteiger partial charge on any atom is 0.326 e. The number of imide groups is 1. The molecule has 1 N–H and O–H groups in total. The molecule has 0 spiro atoms. The van der Waals surface area contributed by atoms with Gasteiger partial charge in [0.05, 0.1) is 0 Å². The fraction of sp³-hybridized carbons (Fsp3) is 0.391. The van der Waals surface area contributed by atoms with E-state index in [0.717, 1.165) is 16.3 Å². The normalized spacial score (nSPS) is 18.5. The molecule has 2 heterocycles. The quantitative estimate of drug-likeness (QED) is 0.418. The number of esters is 1. The van der Waals surface area contributed by atoms with Crippen molar-refractivity contribution >= 4 is 23.7 Å². The summed E-state index contributed by atoms with van der Waals surface area (Å²) in [6, 6.07) is 10.1. The zero-order valence-corrected chi connectivity index (χ0v) is 18.4. The number of nitrogens with one attached hydrogen (secondary N) is 1. The van der Waals surface area contributed by atoms with Crippen molar-refractivity contribution in [2.45, 2.75) is 46.2 Å². The second-order valence-electron chi connectivity index (χ2n) is 8.14. The number of hydrogen-bond acceptors (Lipinski definition) is 5. The molecule has 3 rings (SSSR count). The van der Waals surface area contributed by atoms with Crippen molar-refractivity contribution in [3.05, 3.63) is 58.9 Å². The Labute approximate surface area is 181 Å². The van der Waals surface area contributed by atoms with Crippen LogP contribution in [0.3, 0.4) is 0 Å². The molecule has 0 bridgehead atoms. The fourth-order valence-corrected chi connectivity index (χ4v) is 4.06. The number of hydrogen-bond donors (Lipinski definition) is 1. The standard InChI is InChI=1S/C23H27N3O5/c1-14(2)26-15(3)11-18(16(26)4)19(27)13-31-20(28)12-25-21(29)23(5,24-22(25)30)17-9-7-6-8-10-17/h6-11,14H,12-13H2,1-5H3,(H,24,30)/t23-/m1/s1. The molecule has 1 aromatic carbocycles. The van der Waals surface area contributed by atoms with Crippen LogP contribution in [-0.2, 0) is 19.9 Å². The summed E-state index contributed by atoms with van der Waals surface area (Å²) in [7, 11) is 0. The number of urea groups is 1. The van der Waals surface area contributed by atoms with Gasteiger partial charge >= 0.3 is 12.0 Å². The van der Waals surface area contributed by atoms with Gasteiger partial charge in [0, 0.05) is 23.0 Å². The highest BCUT2D eigenvalue weighted by Gasteiger charge is 2.49. The topological polar surface area (TPSA) is 97.7 Å². The van der Waals surface area contributed by atoms with Crippen molar-refractivity contribution < 1.29 is 23.9 Å². The number of ether oxygens (including phenoxy) is 1. The van der Waals surface area contributed by atoms with Gasteiger partial charge in [-0.1, -0.05) is 30.3 Å². The number of aromatic nitrogens is 1. The first kappa shape index (κ1) is 22.3. The Hall–Kier alpha value is -3.42. The van der Waals surface area contributed by atoms with Gasteiger partial charge in [-0.2, -0.15) is 0 Å². The lowest BCUT2D eigenvalue weighted by molar-refractivity contribution is -0.146. The Kier molecular flexibility index (Phi) is 6.01. The van der Waals surface area contributed by atoms with Crippen molar-refractivity contribution in [2.75, 3.05) is 13.2 Å². The highest BCUT2D eigenvalue weighted by molar-refractivity contribution is 6.09. The number of nitrogens with zero attached hydrogens (tertiary/aromatic N) is 2. The lowest BCUT2D eigenvalue weighted by atomic mass is 9.92. The highest BCUT2D eigenvalue weighted by Crippen LogP contribution is 2.28. The second-order valence-corrected chi connectivity index (χ2v) is 8.14. The first-order valence-corrected chi connectivity index (χ1v) is 10.1. The van der Waals surface area contributed by atoms with Gasteiger partial charge in [0.2, 0.25) is 5.78 Å². The van der Waals surface area contributed by atoms with Gasteiger partial charge < -0.3 is 14.6 Å². The molecule has 2 aromatic rings. The minimum Gasteiger partial charge on any atom is -0.456 e. The number of rotatable bonds is 7. The average Bonchev–Trinajstić information content (AvgIpc) is 3.14. The van der Waals surface area contributed by atoms with Crippen LogP contribution in [0.5, 0.6) is 0 Å². The number of aryl methyl sites for hydroxylation is 1. The number of amides is 3. The first-order chi connectivity index (χ1) is 14.6. The van der Waals surface area contributed by atoms with E-state index in [0.29, 0.717) is 11.1 Å². The minimum atomic E-state index is -1.26. The maximum atomic E-state index is 12.8. The minimum absolute atomic E-state index is 0.197. The van der Waals surface area contributed by atoms with Crippen LogP contribution in [0.25, 0.3) is 0 Å². The van der Waals surface area contributed by atoms with E-state index in [4.69, 9.17) is 4.74 Å². The lowest BCUT2D eigenvalue weighted by Crippen LogP contribution is -2.41. The van der Waals surface area contributed by atoms with Gasteiger partial charge in [-0.3, -0.25) is 19.3 Å². The monoisotopic (exact) mass is 425 g/mol. The fourth-order valence-electron chi connectivity index (χ4n) is 4.06. The van der Waals surface area contributed by atoms with Crippen LogP contribution < -0.4 is 5.32 Å². The molecule has 1 fully saturated rings. The number of ketones is 1. The lowest BCUT2D eigenvalue weighted by Gasteiger charge is -2.21. The van der Waals surface area contributed by atoms with Crippen LogP contribution in [0.15, 0.2) is 36.4 Å². The van der Waals surface area contributed by atoms with Gasteiger partial charge in [-0.15, -0.1) is 0 Å². The number of benzene rings is 1. The summed E-state index contributed by atoms with van der Waals surface area (Å²) in [5, 5.41) is 2.63. The average molecular weight is 425 g/mol. The van der Waals surface area contributed by atoms with Crippen LogP contribution in [0, 0.1) is 13.8 Å². The summed E-state index contributed by atoms with van der Waals surface area (Å²) in [5.74, 6) is -1.71. The molecule has 1 aliphatic heterocycles. The number of carbonyl (C=O) groups excluding carboxylic acids is 4. The molecule has 1 aromatic heterocycles. The molecular weight excluding hydrogens is 398 g/mol. The smallest absolute Gasteiger partial charge is 0.326 e. The zero-order chi connectivity index (χ0) is 22.9. The van der Waals surface area contributed by atoms with Gasteiger partial charge in [0.15, 0.2) is 6.61 Å². The van der Waals surface area contributed by atoms with Crippen LogP contribution in [0.2, 0.25) is 0 Å². The van der Waals surface area contributed by atoms with E-state index in [2.05, 4.69) is 5.32 Å². The van der Waals surface area contributed by atoms with Crippen LogP contribution >= 0.6 is 0 Å². The van der Waals surface area contributed by atoms with E-state index in [1.807, 2.05) is 32.3 Å². The van der Waals surface area contributed by atoms with Crippen LogP contribution in [0.1, 0.15) is 54.1 Å². The first-order valence-electron chi connectivity index (χ1n) is 10.1. The summed E-state index contributed by atoms with van der Waals surface area (Å²) >= 11 is 0. The molecule has 0 aliphatic carbocycles. The van der Waals surface area contributed by atoms with E-state index in [1.54, 1.807) is 43.3 Å². The third-order valence-electron chi connectivity index (χ3n) is 5.58. The summed E-state index contributed by atoms with van der Waals surface area (Å²) in [5.41, 5.74) is 1.59. The van der Waals surface area contributed by atoms with Crippen LogP contribution in [0.4, 0.5) is 4.79 Å². The molecule has 164 valence electrons. The van der Waals surface area contributed by atoms with E-state index in [-0.39, 0.29) is 11.8 Å². The molecule has 1 atom stereocenters. The second kappa shape index (κ2) is 8.37. The molecule has 1 aliphatic rings. The Balaban J connectivity index is 1.64. The summed E-state index contributed by atoms with van der Waals surface area (Å²) in [4.78, 5) is 50.8. The SMILES string of the molecule is Cc1cc(C(=O)COC(=O)CN2C(=O)N[C@](C)(c3ccccc3)C2=O)c(C)n1C(C)C. The molecule has 0 unspecified atom stereocenters. The Morgan fingerprint density at radius 2 is 1.77 bits per heavy atom. The molecule has 0 saturated carbocycles.